The van der Waals surface area contributed by atoms with Gasteiger partial charge in [-0.3, -0.25) is 14.5 Å². The fourth-order valence-electron chi connectivity index (χ4n) is 5.48. The Bertz CT molecular complexity index is 1900. The molecule has 1 unspecified atom stereocenters. The van der Waals surface area contributed by atoms with Crippen molar-refractivity contribution in [1.29, 1.82) is 0 Å². The monoisotopic (exact) mass is 566 g/mol. The van der Waals surface area contributed by atoms with E-state index in [2.05, 4.69) is 0 Å². The summed E-state index contributed by atoms with van der Waals surface area (Å²) in [5.41, 5.74) is 5.97. The van der Waals surface area contributed by atoms with Crippen molar-refractivity contribution in [3.8, 4) is 5.75 Å². The molecule has 0 radical (unpaired) electrons. The molecule has 1 aliphatic rings. The van der Waals surface area contributed by atoms with E-state index in [4.69, 9.17) is 14.7 Å². The Balaban J connectivity index is 1.59. The number of carbonyl (C=O) groups is 2. The van der Waals surface area contributed by atoms with Gasteiger partial charge >= 0.3 is 5.91 Å². The second-order valence-electron chi connectivity index (χ2n) is 10.4. The lowest BCUT2D eigenvalue weighted by molar-refractivity contribution is -0.132. The number of benzene rings is 2. The highest BCUT2D eigenvalue weighted by molar-refractivity contribution is 7.22. The van der Waals surface area contributed by atoms with E-state index in [9.17, 15) is 14.7 Å². The minimum absolute atomic E-state index is 0.0287. The Hall–Kier alpha value is -4.50. The summed E-state index contributed by atoms with van der Waals surface area (Å²) in [4.78, 5) is 38.5. The van der Waals surface area contributed by atoms with Crippen LogP contribution in [0.2, 0.25) is 0 Å². The number of anilines is 1. The Morgan fingerprint density at radius 2 is 1.83 bits per heavy atom. The van der Waals surface area contributed by atoms with Crippen LogP contribution in [0.25, 0.3) is 21.6 Å². The number of carbonyl (C=O) groups excluding carboxylic acids is 2. The van der Waals surface area contributed by atoms with Crippen molar-refractivity contribution in [3.05, 3.63) is 93.9 Å². The van der Waals surface area contributed by atoms with Crippen molar-refractivity contribution < 1.29 is 19.4 Å². The molecule has 6 rings (SSSR count). The highest BCUT2D eigenvalue weighted by Gasteiger charge is 2.48. The zero-order valence-electron chi connectivity index (χ0n) is 23.6. The molecule has 0 spiro atoms. The standard InChI is InChI=1S/C32H30N4O4S/c1-6-13-40-22-11-7-10-21(16-22)27-24(28(37)26-20(5)35-12-8-9-18(3)30(35)33-26)29(38)31(39)36(27)32-34-25-19(4)14-17(2)15-23(25)41-32/h7-12,14-16,27,37H,6,13H2,1-5H3/b28-24+. The summed E-state index contributed by atoms with van der Waals surface area (Å²) in [6, 6.07) is 14.3. The number of rotatable bonds is 6. The van der Waals surface area contributed by atoms with Crippen LogP contribution >= 0.6 is 11.3 Å². The molecule has 5 aromatic rings. The maximum atomic E-state index is 13.8. The predicted molar refractivity (Wildman–Crippen MR) is 161 cm³/mol. The summed E-state index contributed by atoms with van der Waals surface area (Å²) < 4.78 is 8.67. The second kappa shape index (κ2) is 10.2. The molecule has 4 heterocycles. The van der Waals surface area contributed by atoms with E-state index in [0.717, 1.165) is 33.3 Å². The number of Topliss-reactive ketones (excluding diaryl/α,β-unsaturated/α-hetero) is 1. The summed E-state index contributed by atoms with van der Waals surface area (Å²) >= 11 is 1.35. The van der Waals surface area contributed by atoms with E-state index in [1.165, 1.54) is 16.2 Å². The molecule has 9 heteroatoms. The third-order valence-corrected chi connectivity index (χ3v) is 8.43. The Morgan fingerprint density at radius 1 is 1.02 bits per heavy atom. The molecular weight excluding hydrogens is 536 g/mol. The van der Waals surface area contributed by atoms with Gasteiger partial charge in [-0.2, -0.15) is 0 Å². The number of ketones is 1. The van der Waals surface area contributed by atoms with Gasteiger partial charge in [-0.05, 0) is 80.6 Å². The van der Waals surface area contributed by atoms with Gasteiger partial charge < -0.3 is 14.2 Å². The Kier molecular flexibility index (Phi) is 6.62. The summed E-state index contributed by atoms with van der Waals surface area (Å²) in [5.74, 6) is -1.23. The first-order valence-corrected chi connectivity index (χ1v) is 14.4. The van der Waals surface area contributed by atoms with Gasteiger partial charge in [0.1, 0.15) is 17.1 Å². The van der Waals surface area contributed by atoms with Gasteiger partial charge in [-0.15, -0.1) is 0 Å². The van der Waals surface area contributed by atoms with Crippen LogP contribution in [0.4, 0.5) is 5.13 Å². The van der Waals surface area contributed by atoms with Gasteiger partial charge in [0.05, 0.1) is 34.1 Å². The molecule has 0 bridgehead atoms. The molecule has 208 valence electrons. The molecule has 0 aliphatic carbocycles. The zero-order valence-corrected chi connectivity index (χ0v) is 24.4. The number of aliphatic hydroxyl groups excluding tert-OH is 1. The zero-order chi connectivity index (χ0) is 29.0. The highest BCUT2D eigenvalue weighted by Crippen LogP contribution is 2.45. The molecule has 1 atom stereocenters. The van der Waals surface area contributed by atoms with Crippen LogP contribution in [0.1, 0.15) is 53.0 Å². The third kappa shape index (κ3) is 4.37. The Morgan fingerprint density at radius 3 is 2.59 bits per heavy atom. The van der Waals surface area contributed by atoms with Crippen molar-refractivity contribution in [1.82, 2.24) is 14.4 Å². The minimum atomic E-state index is -0.924. The van der Waals surface area contributed by atoms with Crippen molar-refractivity contribution in [2.75, 3.05) is 11.5 Å². The molecule has 0 saturated carbocycles. The summed E-state index contributed by atoms with van der Waals surface area (Å²) in [5, 5.41) is 12.2. The number of nitrogens with zero attached hydrogens (tertiary/aromatic N) is 4. The van der Waals surface area contributed by atoms with Crippen molar-refractivity contribution in [2.24, 2.45) is 0 Å². The van der Waals surface area contributed by atoms with Gasteiger partial charge in [0, 0.05) is 6.20 Å². The van der Waals surface area contributed by atoms with E-state index in [1.54, 1.807) is 0 Å². The van der Waals surface area contributed by atoms with Gasteiger partial charge in [0.15, 0.2) is 10.9 Å². The van der Waals surface area contributed by atoms with E-state index in [1.807, 2.05) is 93.7 Å². The fraction of sp³-hybridized carbons (Fsp3) is 0.250. The maximum Gasteiger partial charge on any atom is 0.301 e. The number of thiazole rings is 1. The summed E-state index contributed by atoms with van der Waals surface area (Å²) in [6.07, 6.45) is 2.69. The molecule has 41 heavy (non-hydrogen) atoms. The number of aryl methyl sites for hydroxylation is 4. The van der Waals surface area contributed by atoms with Gasteiger partial charge in [0.2, 0.25) is 0 Å². The van der Waals surface area contributed by atoms with Crippen molar-refractivity contribution in [2.45, 2.75) is 47.1 Å². The number of aliphatic hydroxyl groups is 1. The first-order chi connectivity index (χ1) is 19.7. The number of hydrogen-bond acceptors (Lipinski definition) is 7. The van der Waals surface area contributed by atoms with Crippen LogP contribution in [0.15, 0.2) is 60.3 Å². The van der Waals surface area contributed by atoms with Crippen LogP contribution in [0, 0.1) is 27.7 Å². The molecule has 3 aromatic heterocycles. The molecule has 1 N–H and O–H groups in total. The van der Waals surface area contributed by atoms with E-state index < -0.39 is 17.7 Å². The molecular formula is C32H30N4O4S. The van der Waals surface area contributed by atoms with E-state index >= 15 is 0 Å². The van der Waals surface area contributed by atoms with Gasteiger partial charge in [-0.25, -0.2) is 9.97 Å². The lowest BCUT2D eigenvalue weighted by Gasteiger charge is -2.23. The molecule has 1 aliphatic heterocycles. The topological polar surface area (TPSA) is 97.0 Å². The molecule has 2 aromatic carbocycles. The van der Waals surface area contributed by atoms with Crippen LogP contribution in [0.3, 0.4) is 0 Å². The summed E-state index contributed by atoms with van der Waals surface area (Å²) in [6.45, 7) is 10.3. The average Bonchev–Trinajstić information content (AvgIpc) is 3.60. The first kappa shape index (κ1) is 26.7. The number of pyridine rings is 1. The lowest BCUT2D eigenvalue weighted by atomic mass is 9.96. The van der Waals surface area contributed by atoms with Gasteiger partial charge in [0.25, 0.3) is 5.78 Å². The minimum Gasteiger partial charge on any atom is -0.505 e. The average molecular weight is 567 g/mol. The number of hydrogen-bond donors (Lipinski definition) is 1. The lowest BCUT2D eigenvalue weighted by Crippen LogP contribution is -2.29. The Labute approximate surface area is 241 Å². The highest BCUT2D eigenvalue weighted by atomic mass is 32.1. The smallest absolute Gasteiger partial charge is 0.301 e. The summed E-state index contributed by atoms with van der Waals surface area (Å²) in [7, 11) is 0. The molecule has 8 nitrogen and oxygen atoms in total. The quantitative estimate of drug-likeness (QED) is 0.141. The molecule has 1 fully saturated rings. The third-order valence-electron chi connectivity index (χ3n) is 7.42. The van der Waals surface area contributed by atoms with Crippen molar-refractivity contribution >= 4 is 49.8 Å². The predicted octanol–water partition coefficient (Wildman–Crippen LogP) is 6.59. The number of aromatic nitrogens is 3. The SMILES string of the molecule is CCCOc1cccc(C2/C(=C(\O)c3nc4c(C)cccn4c3C)C(=O)C(=O)N2c2nc3c(C)cc(C)cc3s2)c1. The number of ether oxygens (including phenoxy) is 1. The van der Waals surface area contributed by atoms with Crippen molar-refractivity contribution in [3.63, 3.8) is 0 Å². The molecule has 1 amide bonds. The fourth-order valence-corrected chi connectivity index (χ4v) is 6.64. The van der Waals surface area contributed by atoms with E-state index in [0.29, 0.717) is 34.4 Å². The number of amides is 1. The van der Waals surface area contributed by atoms with Crippen LogP contribution < -0.4 is 9.64 Å². The van der Waals surface area contributed by atoms with Crippen LogP contribution in [-0.2, 0) is 9.59 Å². The van der Waals surface area contributed by atoms with Gasteiger partial charge in [-0.1, -0.05) is 42.5 Å². The largest absolute Gasteiger partial charge is 0.505 e. The van der Waals surface area contributed by atoms with Crippen LogP contribution in [-0.4, -0.2) is 37.8 Å². The number of fused-ring (bicyclic) bond motifs is 2. The second-order valence-corrected chi connectivity index (χ2v) is 11.5. The molecule has 1 saturated heterocycles. The number of imidazole rings is 1. The maximum absolute atomic E-state index is 13.8. The van der Waals surface area contributed by atoms with Crippen LogP contribution in [0.5, 0.6) is 5.75 Å². The first-order valence-electron chi connectivity index (χ1n) is 13.6. The normalized spacial score (nSPS) is 16.8. The van der Waals surface area contributed by atoms with E-state index in [-0.39, 0.29) is 17.0 Å².